The van der Waals surface area contributed by atoms with E-state index < -0.39 is 0 Å². The fourth-order valence-corrected chi connectivity index (χ4v) is 1.55. The molecular formula is C12H26ClN3O2. The Labute approximate surface area is 116 Å². The van der Waals surface area contributed by atoms with Gasteiger partial charge in [-0.2, -0.15) is 0 Å². The molecule has 108 valence electrons. The number of nitrogens with zero attached hydrogens (tertiary/aromatic N) is 1. The lowest BCUT2D eigenvalue weighted by Crippen LogP contribution is -2.45. The van der Waals surface area contributed by atoms with Gasteiger partial charge in [-0.1, -0.05) is 19.8 Å². The maximum Gasteiger partial charge on any atom is 0.242 e. The number of nitrogens with two attached hydrogens (primary N) is 1. The van der Waals surface area contributed by atoms with Gasteiger partial charge in [-0.15, -0.1) is 12.4 Å². The average molecular weight is 280 g/mol. The SMILES string of the molecule is CCCCCN(C(=O)CNC(=O)CN)C(C)C.Cl. The number of amides is 2. The largest absolute Gasteiger partial charge is 0.346 e. The highest BCUT2D eigenvalue weighted by atomic mass is 35.5. The van der Waals surface area contributed by atoms with E-state index in [9.17, 15) is 9.59 Å². The van der Waals surface area contributed by atoms with Crippen molar-refractivity contribution in [3.63, 3.8) is 0 Å². The van der Waals surface area contributed by atoms with E-state index in [0.717, 1.165) is 25.8 Å². The van der Waals surface area contributed by atoms with Crippen molar-refractivity contribution in [3.05, 3.63) is 0 Å². The molecule has 0 radical (unpaired) electrons. The van der Waals surface area contributed by atoms with Crippen molar-refractivity contribution >= 4 is 24.2 Å². The number of halogens is 1. The molecule has 0 aromatic carbocycles. The van der Waals surface area contributed by atoms with E-state index in [2.05, 4.69) is 12.2 Å². The molecule has 0 aromatic heterocycles. The van der Waals surface area contributed by atoms with Crippen LogP contribution in [0.15, 0.2) is 0 Å². The number of carbonyl (C=O) groups excluding carboxylic acids is 2. The standard InChI is InChI=1S/C12H25N3O2.ClH/c1-4-5-6-7-15(10(2)3)12(17)9-14-11(16)8-13;/h10H,4-9,13H2,1-3H3,(H,14,16);1H. The number of hydrogen-bond acceptors (Lipinski definition) is 3. The number of nitrogens with one attached hydrogen (secondary N) is 1. The predicted octanol–water partition coefficient (Wildman–Crippen LogP) is 0.910. The molecule has 0 saturated heterocycles. The zero-order valence-electron chi connectivity index (χ0n) is 11.6. The van der Waals surface area contributed by atoms with E-state index in [1.165, 1.54) is 0 Å². The van der Waals surface area contributed by atoms with Gasteiger partial charge in [-0.3, -0.25) is 9.59 Å². The van der Waals surface area contributed by atoms with E-state index in [4.69, 9.17) is 5.73 Å². The summed E-state index contributed by atoms with van der Waals surface area (Å²) in [4.78, 5) is 24.6. The molecule has 0 aliphatic carbocycles. The van der Waals surface area contributed by atoms with Gasteiger partial charge in [0.1, 0.15) is 0 Å². The zero-order chi connectivity index (χ0) is 13.3. The van der Waals surface area contributed by atoms with E-state index in [1.807, 2.05) is 13.8 Å². The number of unbranched alkanes of at least 4 members (excludes halogenated alkanes) is 2. The van der Waals surface area contributed by atoms with Gasteiger partial charge in [0.05, 0.1) is 13.1 Å². The first kappa shape index (κ1) is 19.5. The molecule has 0 rings (SSSR count). The molecule has 18 heavy (non-hydrogen) atoms. The van der Waals surface area contributed by atoms with E-state index >= 15 is 0 Å². The molecule has 3 N–H and O–H groups in total. The second-order valence-electron chi connectivity index (χ2n) is 4.37. The third-order valence-corrected chi connectivity index (χ3v) is 2.57. The third-order valence-electron chi connectivity index (χ3n) is 2.57. The summed E-state index contributed by atoms with van der Waals surface area (Å²) in [5.41, 5.74) is 5.16. The van der Waals surface area contributed by atoms with Crippen molar-refractivity contribution in [2.45, 2.75) is 46.1 Å². The Morgan fingerprint density at radius 3 is 2.33 bits per heavy atom. The zero-order valence-corrected chi connectivity index (χ0v) is 12.4. The van der Waals surface area contributed by atoms with Gasteiger partial charge < -0.3 is 16.0 Å². The fourth-order valence-electron chi connectivity index (χ4n) is 1.55. The summed E-state index contributed by atoms with van der Waals surface area (Å²) in [7, 11) is 0. The van der Waals surface area contributed by atoms with Crippen LogP contribution in [0.4, 0.5) is 0 Å². The van der Waals surface area contributed by atoms with E-state index in [-0.39, 0.29) is 43.4 Å². The molecule has 0 spiro atoms. The lowest BCUT2D eigenvalue weighted by atomic mass is 10.2. The fraction of sp³-hybridized carbons (Fsp3) is 0.833. The maximum atomic E-state index is 11.9. The minimum absolute atomic E-state index is 0. The first-order chi connectivity index (χ1) is 8.02. The van der Waals surface area contributed by atoms with E-state index in [1.54, 1.807) is 4.90 Å². The summed E-state index contributed by atoms with van der Waals surface area (Å²) >= 11 is 0. The highest BCUT2D eigenvalue weighted by molar-refractivity contribution is 5.85. The number of carbonyl (C=O) groups is 2. The van der Waals surface area contributed by atoms with Gasteiger partial charge >= 0.3 is 0 Å². The summed E-state index contributed by atoms with van der Waals surface area (Å²) in [6, 6.07) is 0.161. The summed E-state index contributed by atoms with van der Waals surface area (Å²) < 4.78 is 0. The molecule has 0 fully saturated rings. The molecule has 2 amide bonds. The third kappa shape index (κ3) is 8.31. The average Bonchev–Trinajstić information content (AvgIpc) is 2.30. The molecule has 0 bridgehead atoms. The first-order valence-electron chi connectivity index (χ1n) is 6.29. The van der Waals surface area contributed by atoms with Crippen LogP contribution < -0.4 is 11.1 Å². The van der Waals surface area contributed by atoms with Crippen LogP contribution in [0.25, 0.3) is 0 Å². The van der Waals surface area contributed by atoms with Crippen LogP contribution in [-0.2, 0) is 9.59 Å². The lowest BCUT2D eigenvalue weighted by Gasteiger charge is -2.27. The molecule has 0 unspecified atom stereocenters. The molecular weight excluding hydrogens is 254 g/mol. The smallest absolute Gasteiger partial charge is 0.242 e. The normalized spacial score (nSPS) is 9.83. The Balaban J connectivity index is 0. The Morgan fingerprint density at radius 2 is 1.89 bits per heavy atom. The lowest BCUT2D eigenvalue weighted by molar-refractivity contribution is -0.134. The first-order valence-corrected chi connectivity index (χ1v) is 6.29. The predicted molar refractivity (Wildman–Crippen MR) is 75.7 cm³/mol. The van der Waals surface area contributed by atoms with Crippen LogP contribution in [0.5, 0.6) is 0 Å². The van der Waals surface area contributed by atoms with Crippen molar-refractivity contribution in [1.82, 2.24) is 10.2 Å². The van der Waals surface area contributed by atoms with Crippen molar-refractivity contribution in [3.8, 4) is 0 Å². The van der Waals surface area contributed by atoms with Gasteiger partial charge in [-0.05, 0) is 20.3 Å². The van der Waals surface area contributed by atoms with Crippen LogP contribution in [-0.4, -0.2) is 42.4 Å². The highest BCUT2D eigenvalue weighted by Crippen LogP contribution is 2.03. The van der Waals surface area contributed by atoms with Crippen molar-refractivity contribution in [2.75, 3.05) is 19.6 Å². The van der Waals surface area contributed by atoms with Crippen molar-refractivity contribution in [1.29, 1.82) is 0 Å². The second-order valence-corrected chi connectivity index (χ2v) is 4.37. The van der Waals surface area contributed by atoms with Crippen LogP contribution >= 0.6 is 12.4 Å². The summed E-state index contributed by atoms with van der Waals surface area (Å²) in [6.07, 6.45) is 3.25. The molecule has 0 aliphatic heterocycles. The second kappa shape index (κ2) is 11.3. The monoisotopic (exact) mass is 279 g/mol. The topological polar surface area (TPSA) is 75.4 Å². The number of rotatable bonds is 8. The quantitative estimate of drug-likeness (QED) is 0.649. The minimum atomic E-state index is -0.296. The van der Waals surface area contributed by atoms with Gasteiger partial charge in [0.25, 0.3) is 0 Å². The Hall–Kier alpha value is -0.810. The molecule has 0 aromatic rings. The van der Waals surface area contributed by atoms with Crippen LogP contribution in [0.3, 0.4) is 0 Å². The molecule has 0 heterocycles. The Kier molecular flexibility index (Phi) is 12.2. The molecule has 6 heteroatoms. The van der Waals surface area contributed by atoms with Crippen LogP contribution in [0, 0.1) is 0 Å². The Bertz CT molecular complexity index is 247. The molecule has 0 saturated carbocycles. The Morgan fingerprint density at radius 1 is 1.28 bits per heavy atom. The van der Waals surface area contributed by atoms with E-state index in [0.29, 0.717) is 0 Å². The highest BCUT2D eigenvalue weighted by Gasteiger charge is 2.16. The van der Waals surface area contributed by atoms with Crippen molar-refractivity contribution < 1.29 is 9.59 Å². The maximum absolute atomic E-state index is 11.9. The van der Waals surface area contributed by atoms with Crippen LogP contribution in [0.1, 0.15) is 40.0 Å². The van der Waals surface area contributed by atoms with Gasteiger partial charge in [0.15, 0.2) is 0 Å². The van der Waals surface area contributed by atoms with Crippen LogP contribution in [0.2, 0.25) is 0 Å². The number of hydrogen-bond donors (Lipinski definition) is 2. The molecule has 0 aliphatic rings. The van der Waals surface area contributed by atoms with Gasteiger partial charge in [0, 0.05) is 12.6 Å². The summed E-state index contributed by atoms with van der Waals surface area (Å²) in [5.74, 6) is -0.339. The minimum Gasteiger partial charge on any atom is -0.346 e. The summed E-state index contributed by atoms with van der Waals surface area (Å²) in [6.45, 7) is 6.81. The van der Waals surface area contributed by atoms with Gasteiger partial charge in [-0.25, -0.2) is 0 Å². The molecule has 5 nitrogen and oxygen atoms in total. The molecule has 0 atom stereocenters. The van der Waals surface area contributed by atoms with Gasteiger partial charge in [0.2, 0.25) is 11.8 Å². The van der Waals surface area contributed by atoms with Crippen molar-refractivity contribution in [2.24, 2.45) is 5.73 Å². The summed E-state index contributed by atoms with van der Waals surface area (Å²) in [5, 5.41) is 2.50.